The third-order valence-electron chi connectivity index (χ3n) is 1.69. The Hall–Kier alpha value is -0.980. The van der Waals surface area contributed by atoms with Crippen LogP contribution in [0.15, 0.2) is 24.3 Å². The molecule has 0 saturated heterocycles. The first-order valence-corrected chi connectivity index (χ1v) is 3.90. The molecule has 0 aliphatic heterocycles. The number of hydrogen-bond donors (Lipinski definition) is 1. The molecule has 0 aliphatic rings. The highest BCUT2D eigenvalue weighted by Gasteiger charge is 1.96. The number of aromatic hydroxyl groups is 1. The van der Waals surface area contributed by atoms with Crippen molar-refractivity contribution in [3.63, 3.8) is 0 Å². The van der Waals surface area contributed by atoms with Gasteiger partial charge in [-0.1, -0.05) is 31.5 Å². The Balaban J connectivity index is 2.62. The zero-order valence-corrected chi connectivity index (χ0v) is 6.59. The predicted molar refractivity (Wildman–Crippen MR) is 46.4 cm³/mol. The van der Waals surface area contributed by atoms with Crippen molar-refractivity contribution < 1.29 is 5.11 Å². The van der Waals surface area contributed by atoms with Crippen LogP contribution in [0.5, 0.6) is 5.75 Å². The number of unbranched alkanes of at least 4 members (excludes halogenated alkanes) is 1. The summed E-state index contributed by atoms with van der Waals surface area (Å²) in [6.07, 6.45) is 2.89. The summed E-state index contributed by atoms with van der Waals surface area (Å²) >= 11 is 0. The van der Waals surface area contributed by atoms with Crippen molar-refractivity contribution >= 4 is 0 Å². The highest BCUT2D eigenvalue weighted by molar-refractivity contribution is 5.31. The molecule has 1 aromatic carbocycles. The lowest BCUT2D eigenvalue weighted by Crippen LogP contribution is -1.84. The highest BCUT2D eigenvalue weighted by Crippen LogP contribution is 2.17. The number of aryl methyl sites for hydroxylation is 1. The average Bonchev–Trinajstić information content (AvgIpc) is 2.03. The monoisotopic (exact) mass is 149 g/mol. The van der Waals surface area contributed by atoms with Crippen molar-refractivity contribution in [1.29, 1.82) is 0 Å². The molecule has 1 N–H and O–H groups in total. The summed E-state index contributed by atoms with van der Waals surface area (Å²) in [7, 11) is 0. The van der Waals surface area contributed by atoms with Crippen LogP contribution in [0.4, 0.5) is 0 Å². The van der Waals surface area contributed by atoms with Crippen LogP contribution in [0.3, 0.4) is 0 Å². The molecule has 11 heavy (non-hydrogen) atoms. The van der Waals surface area contributed by atoms with Gasteiger partial charge in [0, 0.05) is 0 Å². The molecule has 0 unspecified atom stereocenters. The van der Waals surface area contributed by atoms with Crippen LogP contribution in [0.1, 0.15) is 18.4 Å². The maximum atomic E-state index is 9.32. The highest BCUT2D eigenvalue weighted by atomic mass is 16.3. The molecule has 1 heteroatoms. The molecule has 0 heterocycles. The van der Waals surface area contributed by atoms with Crippen molar-refractivity contribution in [1.82, 2.24) is 0 Å². The molecule has 0 aromatic heterocycles. The molecule has 0 aliphatic carbocycles. The minimum Gasteiger partial charge on any atom is -0.508 e. The molecule has 59 valence electrons. The van der Waals surface area contributed by atoms with Crippen LogP contribution >= 0.6 is 0 Å². The van der Waals surface area contributed by atoms with Gasteiger partial charge in [-0.15, -0.1) is 0 Å². The first-order chi connectivity index (χ1) is 5.34. The minimum absolute atomic E-state index is 0.404. The van der Waals surface area contributed by atoms with Gasteiger partial charge in [0.05, 0.1) is 0 Å². The second-order valence-corrected chi connectivity index (χ2v) is 2.59. The Kier molecular flexibility index (Phi) is 2.96. The Morgan fingerprint density at radius 3 is 2.64 bits per heavy atom. The number of rotatable bonds is 3. The molecular formula is C10H13O. The molecule has 0 spiro atoms. The average molecular weight is 149 g/mol. The molecular weight excluding hydrogens is 136 g/mol. The molecule has 1 rings (SSSR count). The van der Waals surface area contributed by atoms with Crippen LogP contribution in [-0.2, 0) is 6.42 Å². The van der Waals surface area contributed by atoms with E-state index >= 15 is 0 Å². The van der Waals surface area contributed by atoms with Crippen LogP contribution in [0.2, 0.25) is 0 Å². The summed E-state index contributed by atoms with van der Waals surface area (Å²) in [5.41, 5.74) is 1.02. The topological polar surface area (TPSA) is 20.2 Å². The van der Waals surface area contributed by atoms with E-state index in [-0.39, 0.29) is 0 Å². The third kappa shape index (κ3) is 2.26. The maximum Gasteiger partial charge on any atom is 0.118 e. The van der Waals surface area contributed by atoms with Crippen LogP contribution < -0.4 is 0 Å². The van der Waals surface area contributed by atoms with Crippen molar-refractivity contribution in [2.24, 2.45) is 0 Å². The normalized spacial score (nSPS) is 9.91. The first kappa shape index (κ1) is 8.12. The van der Waals surface area contributed by atoms with E-state index in [2.05, 4.69) is 6.92 Å². The lowest BCUT2D eigenvalue weighted by Gasteiger charge is -2.01. The van der Waals surface area contributed by atoms with Gasteiger partial charge in [0.25, 0.3) is 0 Å². The van der Waals surface area contributed by atoms with E-state index in [1.54, 1.807) is 6.07 Å². The van der Waals surface area contributed by atoms with Gasteiger partial charge >= 0.3 is 0 Å². The van der Waals surface area contributed by atoms with Crippen molar-refractivity contribution in [3.05, 3.63) is 36.8 Å². The van der Waals surface area contributed by atoms with Gasteiger partial charge in [0.1, 0.15) is 5.75 Å². The zero-order valence-electron chi connectivity index (χ0n) is 6.59. The SMILES string of the molecule is [CH2]CCCc1ccccc1O. The van der Waals surface area contributed by atoms with Gasteiger partial charge in [0.2, 0.25) is 0 Å². The largest absolute Gasteiger partial charge is 0.508 e. The Morgan fingerprint density at radius 2 is 2.00 bits per heavy atom. The number of phenols is 1. The third-order valence-corrected chi connectivity index (χ3v) is 1.69. The summed E-state index contributed by atoms with van der Waals surface area (Å²) in [5.74, 6) is 0.404. The Bertz CT molecular complexity index is 218. The molecule has 1 aromatic rings. The predicted octanol–water partition coefficient (Wildman–Crippen LogP) is 2.55. The zero-order chi connectivity index (χ0) is 8.10. The smallest absolute Gasteiger partial charge is 0.118 e. The first-order valence-electron chi connectivity index (χ1n) is 3.90. The fourth-order valence-corrected chi connectivity index (χ4v) is 1.04. The molecule has 0 bridgehead atoms. The summed E-state index contributed by atoms with van der Waals surface area (Å²) in [6.45, 7) is 3.75. The van der Waals surface area contributed by atoms with E-state index in [1.807, 2.05) is 18.2 Å². The number of phenolic OH excluding ortho intramolecular Hbond substituents is 1. The van der Waals surface area contributed by atoms with Gasteiger partial charge < -0.3 is 5.11 Å². The molecule has 1 radical (unpaired) electrons. The van der Waals surface area contributed by atoms with Gasteiger partial charge in [-0.3, -0.25) is 0 Å². The van der Waals surface area contributed by atoms with Gasteiger partial charge in [0.15, 0.2) is 0 Å². The second-order valence-electron chi connectivity index (χ2n) is 2.59. The van der Waals surface area contributed by atoms with Gasteiger partial charge in [-0.2, -0.15) is 0 Å². The quantitative estimate of drug-likeness (QED) is 0.700. The van der Waals surface area contributed by atoms with Crippen LogP contribution in [-0.4, -0.2) is 5.11 Å². The van der Waals surface area contributed by atoms with Crippen molar-refractivity contribution in [2.45, 2.75) is 19.3 Å². The molecule has 0 fully saturated rings. The van der Waals surface area contributed by atoms with Crippen molar-refractivity contribution in [2.75, 3.05) is 0 Å². The van der Waals surface area contributed by atoms with Crippen LogP contribution in [0, 0.1) is 6.92 Å². The minimum atomic E-state index is 0.404. The van der Waals surface area contributed by atoms with E-state index in [0.717, 1.165) is 24.8 Å². The number of para-hydroxylation sites is 1. The summed E-state index contributed by atoms with van der Waals surface area (Å²) < 4.78 is 0. The second kappa shape index (κ2) is 4.02. The Labute approximate surface area is 67.7 Å². The molecule has 0 amide bonds. The number of benzene rings is 1. The lowest BCUT2D eigenvalue weighted by molar-refractivity contribution is 0.467. The summed E-state index contributed by atoms with van der Waals surface area (Å²) in [4.78, 5) is 0. The van der Waals surface area contributed by atoms with E-state index in [9.17, 15) is 5.11 Å². The van der Waals surface area contributed by atoms with E-state index in [4.69, 9.17) is 0 Å². The van der Waals surface area contributed by atoms with E-state index in [1.165, 1.54) is 0 Å². The Morgan fingerprint density at radius 1 is 1.27 bits per heavy atom. The van der Waals surface area contributed by atoms with Gasteiger partial charge in [-0.05, 0) is 24.5 Å². The molecule has 0 saturated carbocycles. The standard InChI is InChI=1S/C10H13O/c1-2-3-6-9-7-4-5-8-10(9)11/h4-5,7-8,11H,1-3,6H2. The molecule has 1 nitrogen and oxygen atoms in total. The summed E-state index contributed by atoms with van der Waals surface area (Å²) in [5, 5.41) is 9.32. The van der Waals surface area contributed by atoms with E-state index in [0.29, 0.717) is 5.75 Å². The van der Waals surface area contributed by atoms with Gasteiger partial charge in [-0.25, -0.2) is 0 Å². The summed E-state index contributed by atoms with van der Waals surface area (Å²) in [6, 6.07) is 7.45. The fourth-order valence-electron chi connectivity index (χ4n) is 1.04. The van der Waals surface area contributed by atoms with E-state index < -0.39 is 0 Å². The molecule has 0 atom stereocenters. The number of hydrogen-bond acceptors (Lipinski definition) is 1. The lowest BCUT2D eigenvalue weighted by atomic mass is 10.1. The maximum absolute atomic E-state index is 9.32. The fraction of sp³-hybridized carbons (Fsp3) is 0.300. The van der Waals surface area contributed by atoms with Crippen molar-refractivity contribution in [3.8, 4) is 5.75 Å². The van der Waals surface area contributed by atoms with Crippen LogP contribution in [0.25, 0.3) is 0 Å².